The summed E-state index contributed by atoms with van der Waals surface area (Å²) in [6.45, 7) is 5.95. The van der Waals surface area contributed by atoms with Crippen LogP contribution in [0.15, 0.2) is 48.8 Å². The number of hydrogen-bond donors (Lipinski definition) is 1. The monoisotopic (exact) mass is 396 g/mol. The van der Waals surface area contributed by atoms with E-state index in [9.17, 15) is 9.59 Å². The van der Waals surface area contributed by atoms with E-state index in [2.05, 4.69) is 15.2 Å². The van der Waals surface area contributed by atoms with Gasteiger partial charge in [-0.3, -0.25) is 19.5 Å². The summed E-state index contributed by atoms with van der Waals surface area (Å²) in [4.78, 5) is 32.2. The van der Waals surface area contributed by atoms with Crippen molar-refractivity contribution in [3.8, 4) is 5.75 Å². The van der Waals surface area contributed by atoms with E-state index in [1.807, 2.05) is 29.4 Å². The fourth-order valence-electron chi connectivity index (χ4n) is 3.21. The number of carbonyl (C=O) groups is 2. The third kappa shape index (κ3) is 6.57. The molecular weight excluding hydrogens is 368 g/mol. The first-order chi connectivity index (χ1) is 14.1. The lowest BCUT2D eigenvalue weighted by atomic mass is 10.2. The summed E-state index contributed by atoms with van der Waals surface area (Å²) in [5.41, 5.74) is 1.95. The molecule has 0 unspecified atom stereocenters. The smallest absolute Gasteiger partial charge is 0.260 e. The predicted octanol–water partition coefficient (Wildman–Crippen LogP) is 2.20. The van der Waals surface area contributed by atoms with Crippen LogP contribution in [-0.4, -0.2) is 65.9 Å². The number of aromatic nitrogens is 1. The number of amides is 2. The fraction of sp³-hybridized carbons (Fsp3) is 0.409. The van der Waals surface area contributed by atoms with E-state index in [1.54, 1.807) is 31.2 Å². The molecule has 1 aromatic carbocycles. The SMILES string of the molecule is CCC(=O)Nc1cccc(OCC(=O)N2CCN(CCc3ccncc3)CC2)c1. The quantitative estimate of drug-likeness (QED) is 0.740. The van der Waals surface area contributed by atoms with Crippen LogP contribution in [0.1, 0.15) is 18.9 Å². The maximum Gasteiger partial charge on any atom is 0.260 e. The third-order valence-corrected chi connectivity index (χ3v) is 4.99. The molecule has 3 rings (SSSR count). The summed E-state index contributed by atoms with van der Waals surface area (Å²) in [5.74, 6) is 0.505. The van der Waals surface area contributed by atoms with Crippen molar-refractivity contribution in [1.82, 2.24) is 14.8 Å². The van der Waals surface area contributed by atoms with Crippen LogP contribution in [0.5, 0.6) is 5.75 Å². The van der Waals surface area contributed by atoms with Crippen LogP contribution in [0, 0.1) is 0 Å². The van der Waals surface area contributed by atoms with Gasteiger partial charge >= 0.3 is 0 Å². The first-order valence-electron chi connectivity index (χ1n) is 10.1. The minimum Gasteiger partial charge on any atom is -0.484 e. The van der Waals surface area contributed by atoms with Gasteiger partial charge in [-0.05, 0) is 36.2 Å². The van der Waals surface area contributed by atoms with E-state index in [1.165, 1.54) is 5.56 Å². The second kappa shape index (κ2) is 10.6. The summed E-state index contributed by atoms with van der Waals surface area (Å²) in [7, 11) is 0. The number of nitrogens with one attached hydrogen (secondary N) is 1. The maximum absolute atomic E-state index is 12.5. The highest BCUT2D eigenvalue weighted by atomic mass is 16.5. The molecule has 0 atom stereocenters. The summed E-state index contributed by atoms with van der Waals surface area (Å²) >= 11 is 0. The Balaban J connectivity index is 1.39. The first-order valence-corrected chi connectivity index (χ1v) is 10.1. The molecule has 0 bridgehead atoms. The Morgan fingerprint density at radius 2 is 1.86 bits per heavy atom. The molecule has 0 aliphatic carbocycles. The predicted molar refractivity (Wildman–Crippen MR) is 112 cm³/mol. The van der Waals surface area contributed by atoms with Gasteiger partial charge in [0.1, 0.15) is 5.75 Å². The normalized spacial score (nSPS) is 14.4. The minimum atomic E-state index is -0.0555. The van der Waals surface area contributed by atoms with E-state index >= 15 is 0 Å². The van der Waals surface area contributed by atoms with Crippen molar-refractivity contribution in [2.24, 2.45) is 0 Å². The van der Waals surface area contributed by atoms with Crippen molar-refractivity contribution < 1.29 is 14.3 Å². The average Bonchev–Trinajstić information content (AvgIpc) is 2.77. The molecule has 7 heteroatoms. The largest absolute Gasteiger partial charge is 0.484 e. The second-order valence-corrected chi connectivity index (χ2v) is 7.05. The molecule has 1 aliphatic rings. The molecule has 2 heterocycles. The molecule has 1 saturated heterocycles. The molecule has 1 N–H and O–H groups in total. The van der Waals surface area contributed by atoms with E-state index in [-0.39, 0.29) is 18.4 Å². The molecule has 7 nitrogen and oxygen atoms in total. The Hall–Kier alpha value is -2.93. The molecule has 2 aromatic rings. The van der Waals surface area contributed by atoms with Crippen molar-refractivity contribution in [1.29, 1.82) is 0 Å². The number of hydrogen-bond acceptors (Lipinski definition) is 5. The Labute approximate surface area is 171 Å². The van der Waals surface area contributed by atoms with Gasteiger partial charge < -0.3 is 15.0 Å². The number of nitrogens with zero attached hydrogens (tertiary/aromatic N) is 3. The summed E-state index contributed by atoms with van der Waals surface area (Å²) in [6, 6.07) is 11.2. The van der Waals surface area contributed by atoms with E-state index in [0.29, 0.717) is 30.9 Å². The number of ether oxygens (including phenoxy) is 1. The molecule has 1 aliphatic heterocycles. The van der Waals surface area contributed by atoms with Crippen LogP contribution in [-0.2, 0) is 16.0 Å². The molecule has 2 amide bonds. The van der Waals surface area contributed by atoms with Crippen molar-refractivity contribution in [3.63, 3.8) is 0 Å². The molecule has 0 spiro atoms. The molecule has 0 radical (unpaired) electrons. The van der Waals surface area contributed by atoms with Crippen LogP contribution in [0.2, 0.25) is 0 Å². The Bertz CT molecular complexity index is 805. The number of anilines is 1. The summed E-state index contributed by atoms with van der Waals surface area (Å²) < 4.78 is 5.65. The molecule has 1 fully saturated rings. The Morgan fingerprint density at radius 3 is 2.59 bits per heavy atom. The number of piperazine rings is 1. The second-order valence-electron chi connectivity index (χ2n) is 7.05. The van der Waals surface area contributed by atoms with Gasteiger partial charge in [0.15, 0.2) is 6.61 Å². The van der Waals surface area contributed by atoms with Gasteiger partial charge in [0.05, 0.1) is 0 Å². The van der Waals surface area contributed by atoms with Crippen molar-refractivity contribution >= 4 is 17.5 Å². The summed E-state index contributed by atoms with van der Waals surface area (Å²) in [5, 5.41) is 2.79. The number of rotatable bonds is 8. The highest BCUT2D eigenvalue weighted by molar-refractivity contribution is 5.90. The van der Waals surface area contributed by atoms with Crippen LogP contribution < -0.4 is 10.1 Å². The highest BCUT2D eigenvalue weighted by Crippen LogP contribution is 2.18. The van der Waals surface area contributed by atoms with Crippen molar-refractivity contribution in [2.75, 3.05) is 44.6 Å². The molecule has 0 saturated carbocycles. The van der Waals surface area contributed by atoms with Crippen LogP contribution in [0.25, 0.3) is 0 Å². The molecule has 154 valence electrons. The van der Waals surface area contributed by atoms with E-state index in [4.69, 9.17) is 4.74 Å². The molecule has 29 heavy (non-hydrogen) atoms. The zero-order valence-electron chi connectivity index (χ0n) is 16.8. The third-order valence-electron chi connectivity index (χ3n) is 4.99. The maximum atomic E-state index is 12.5. The standard InChI is InChI=1S/C22H28N4O3/c1-2-21(27)24-19-4-3-5-20(16-19)29-17-22(28)26-14-12-25(13-15-26)11-8-18-6-9-23-10-7-18/h3-7,9-10,16H,2,8,11-15,17H2,1H3,(H,24,27). The van der Waals surface area contributed by atoms with Gasteiger partial charge in [0.2, 0.25) is 5.91 Å². The highest BCUT2D eigenvalue weighted by Gasteiger charge is 2.21. The van der Waals surface area contributed by atoms with Gasteiger partial charge in [-0.2, -0.15) is 0 Å². The summed E-state index contributed by atoms with van der Waals surface area (Å²) in [6.07, 6.45) is 5.04. The van der Waals surface area contributed by atoms with Gasteiger partial charge in [0, 0.05) is 63.3 Å². The van der Waals surface area contributed by atoms with Gasteiger partial charge in [0.25, 0.3) is 5.91 Å². The number of benzene rings is 1. The molecule has 1 aromatic heterocycles. The lowest BCUT2D eigenvalue weighted by Crippen LogP contribution is -2.50. The van der Waals surface area contributed by atoms with Crippen LogP contribution in [0.4, 0.5) is 5.69 Å². The average molecular weight is 396 g/mol. The zero-order valence-corrected chi connectivity index (χ0v) is 16.8. The number of carbonyl (C=O) groups excluding carboxylic acids is 2. The lowest BCUT2D eigenvalue weighted by Gasteiger charge is -2.34. The van der Waals surface area contributed by atoms with E-state index in [0.717, 1.165) is 26.1 Å². The first kappa shape index (κ1) is 20.8. The topological polar surface area (TPSA) is 74.8 Å². The fourth-order valence-corrected chi connectivity index (χ4v) is 3.21. The van der Waals surface area contributed by atoms with Crippen molar-refractivity contribution in [2.45, 2.75) is 19.8 Å². The Kier molecular flexibility index (Phi) is 7.58. The lowest BCUT2D eigenvalue weighted by molar-refractivity contribution is -0.135. The van der Waals surface area contributed by atoms with Crippen molar-refractivity contribution in [3.05, 3.63) is 54.4 Å². The zero-order chi connectivity index (χ0) is 20.5. The Morgan fingerprint density at radius 1 is 1.10 bits per heavy atom. The van der Waals surface area contributed by atoms with Gasteiger partial charge in [-0.1, -0.05) is 13.0 Å². The van der Waals surface area contributed by atoms with Gasteiger partial charge in [-0.15, -0.1) is 0 Å². The van der Waals surface area contributed by atoms with Crippen LogP contribution in [0.3, 0.4) is 0 Å². The van der Waals surface area contributed by atoms with Gasteiger partial charge in [-0.25, -0.2) is 0 Å². The number of pyridine rings is 1. The minimum absolute atomic E-state index is 0.00218. The molecular formula is C22H28N4O3. The van der Waals surface area contributed by atoms with Crippen LogP contribution >= 0.6 is 0 Å². The van der Waals surface area contributed by atoms with E-state index < -0.39 is 0 Å².